The highest BCUT2D eigenvalue weighted by Gasteiger charge is 2.37. The van der Waals surface area contributed by atoms with Gasteiger partial charge in [0.05, 0.1) is 23.0 Å². The van der Waals surface area contributed by atoms with Crippen molar-refractivity contribution >= 4 is 11.8 Å². The number of likely N-dealkylation sites (tertiary alicyclic amines) is 1. The van der Waals surface area contributed by atoms with E-state index in [0.717, 1.165) is 6.07 Å². The van der Waals surface area contributed by atoms with Crippen LogP contribution < -0.4 is 10.6 Å². The summed E-state index contributed by atoms with van der Waals surface area (Å²) in [5.74, 6) is -0.407. The zero-order valence-corrected chi connectivity index (χ0v) is 17.4. The van der Waals surface area contributed by atoms with Crippen molar-refractivity contribution in [1.29, 1.82) is 0 Å². The Morgan fingerprint density at radius 1 is 1.34 bits per heavy atom. The molecule has 2 heterocycles. The van der Waals surface area contributed by atoms with Crippen molar-refractivity contribution in [3.63, 3.8) is 0 Å². The predicted octanol–water partition coefficient (Wildman–Crippen LogP) is 2.48. The SMILES string of the molecule is CCOC(=O)C1CCN(C2=NCNC(NCc3ccccc3C(F)(F)F)=C2[N+](=O)[O-])CC1. The number of esters is 1. The van der Waals surface area contributed by atoms with Crippen LogP contribution >= 0.6 is 0 Å². The number of aliphatic imine (C=N–C) groups is 1. The Kier molecular flexibility index (Phi) is 7.21. The molecule has 9 nitrogen and oxygen atoms in total. The molecular formula is C20H24F3N5O4. The number of nitrogens with zero attached hydrogens (tertiary/aromatic N) is 3. The molecule has 2 N–H and O–H groups in total. The summed E-state index contributed by atoms with van der Waals surface area (Å²) in [6.07, 6.45) is -3.59. The fourth-order valence-corrected chi connectivity index (χ4v) is 3.75. The fourth-order valence-electron chi connectivity index (χ4n) is 3.75. The number of alkyl halides is 3. The normalized spacial score (nSPS) is 17.5. The summed E-state index contributed by atoms with van der Waals surface area (Å²) in [4.78, 5) is 29.1. The van der Waals surface area contributed by atoms with E-state index in [9.17, 15) is 28.1 Å². The van der Waals surface area contributed by atoms with Crippen molar-refractivity contribution in [2.24, 2.45) is 10.9 Å². The minimum Gasteiger partial charge on any atom is -0.466 e. The van der Waals surface area contributed by atoms with Crippen LogP contribution in [0.3, 0.4) is 0 Å². The topological polar surface area (TPSA) is 109 Å². The Morgan fingerprint density at radius 2 is 2.03 bits per heavy atom. The third-order valence-electron chi connectivity index (χ3n) is 5.31. The van der Waals surface area contributed by atoms with Gasteiger partial charge in [-0.05, 0) is 31.4 Å². The van der Waals surface area contributed by atoms with Crippen LogP contribution in [-0.4, -0.2) is 48.0 Å². The van der Waals surface area contributed by atoms with Gasteiger partial charge in [0, 0.05) is 19.6 Å². The fraction of sp³-hybridized carbons (Fsp3) is 0.500. The second kappa shape index (κ2) is 9.88. The highest BCUT2D eigenvalue weighted by Crippen LogP contribution is 2.32. The third kappa shape index (κ3) is 5.29. The lowest BCUT2D eigenvalue weighted by molar-refractivity contribution is -0.418. The number of piperidine rings is 1. The number of benzene rings is 1. The first kappa shape index (κ1) is 23.4. The van der Waals surface area contributed by atoms with Crippen LogP contribution in [0, 0.1) is 16.0 Å². The summed E-state index contributed by atoms with van der Waals surface area (Å²) in [7, 11) is 0. The number of rotatable bonds is 6. The van der Waals surface area contributed by atoms with Crippen molar-refractivity contribution < 1.29 is 27.6 Å². The van der Waals surface area contributed by atoms with Gasteiger partial charge in [-0.3, -0.25) is 14.9 Å². The Balaban J connectivity index is 1.76. The zero-order valence-electron chi connectivity index (χ0n) is 17.4. The van der Waals surface area contributed by atoms with E-state index < -0.39 is 16.7 Å². The number of nitrogens with one attached hydrogen (secondary N) is 2. The van der Waals surface area contributed by atoms with Gasteiger partial charge in [0.1, 0.15) is 6.67 Å². The van der Waals surface area contributed by atoms with Gasteiger partial charge in [0.15, 0.2) is 5.82 Å². The molecule has 0 spiro atoms. The lowest BCUT2D eigenvalue weighted by Crippen LogP contribution is -2.46. The first-order valence-electron chi connectivity index (χ1n) is 10.2. The van der Waals surface area contributed by atoms with Gasteiger partial charge < -0.3 is 20.3 Å². The molecule has 1 aromatic rings. The summed E-state index contributed by atoms with van der Waals surface area (Å²) in [5.41, 5.74) is -1.17. The van der Waals surface area contributed by atoms with E-state index in [2.05, 4.69) is 15.6 Å². The van der Waals surface area contributed by atoms with Crippen LogP contribution in [-0.2, 0) is 22.3 Å². The van der Waals surface area contributed by atoms with E-state index >= 15 is 0 Å². The van der Waals surface area contributed by atoms with Crippen molar-refractivity contribution in [2.45, 2.75) is 32.5 Å². The second-order valence-electron chi connectivity index (χ2n) is 7.32. The van der Waals surface area contributed by atoms with Crippen molar-refractivity contribution in [2.75, 3.05) is 26.4 Å². The molecule has 32 heavy (non-hydrogen) atoms. The van der Waals surface area contributed by atoms with E-state index in [4.69, 9.17) is 4.74 Å². The molecule has 2 aliphatic heterocycles. The predicted molar refractivity (Wildman–Crippen MR) is 109 cm³/mol. The van der Waals surface area contributed by atoms with Crippen molar-refractivity contribution in [3.05, 3.63) is 57.0 Å². The van der Waals surface area contributed by atoms with Crippen LogP contribution in [0.5, 0.6) is 0 Å². The van der Waals surface area contributed by atoms with Gasteiger partial charge in [-0.25, -0.2) is 4.99 Å². The van der Waals surface area contributed by atoms with Crippen LogP contribution in [0.1, 0.15) is 30.9 Å². The molecule has 1 fully saturated rings. The Morgan fingerprint density at radius 3 is 2.66 bits per heavy atom. The van der Waals surface area contributed by atoms with Gasteiger partial charge in [-0.15, -0.1) is 0 Å². The Hall–Kier alpha value is -3.31. The molecule has 0 radical (unpaired) electrons. The molecule has 0 saturated carbocycles. The number of ether oxygens (including phenoxy) is 1. The number of carbonyl (C=O) groups excluding carboxylic acids is 1. The molecule has 3 rings (SSSR count). The largest absolute Gasteiger partial charge is 0.466 e. The number of hydrogen-bond acceptors (Lipinski definition) is 8. The average Bonchev–Trinajstić information content (AvgIpc) is 2.77. The smallest absolute Gasteiger partial charge is 0.416 e. The highest BCUT2D eigenvalue weighted by molar-refractivity contribution is 5.97. The Bertz CT molecular complexity index is 924. The van der Waals surface area contributed by atoms with Gasteiger partial charge in [0.2, 0.25) is 5.84 Å². The van der Waals surface area contributed by atoms with Crippen molar-refractivity contribution in [1.82, 2.24) is 15.5 Å². The van der Waals surface area contributed by atoms with E-state index in [1.807, 2.05) is 0 Å². The van der Waals surface area contributed by atoms with Crippen LogP contribution in [0.15, 0.2) is 40.8 Å². The quantitative estimate of drug-likeness (QED) is 0.385. The first-order valence-corrected chi connectivity index (χ1v) is 10.2. The number of hydrogen-bond donors (Lipinski definition) is 2. The van der Waals surface area contributed by atoms with Gasteiger partial charge >= 0.3 is 17.8 Å². The number of halogens is 3. The summed E-state index contributed by atoms with van der Waals surface area (Å²) < 4.78 is 44.8. The standard InChI is InChI=1S/C20H24F3N5O4/c1-2-32-19(29)13-7-9-27(10-8-13)18-16(28(30)31)17(25-12-26-18)24-11-14-5-3-4-6-15(14)20(21,22)23/h3-6,13,24-25H,2,7-12H2,1H3. The summed E-state index contributed by atoms with van der Waals surface area (Å²) >= 11 is 0. The molecule has 174 valence electrons. The molecule has 12 heteroatoms. The second-order valence-corrected chi connectivity index (χ2v) is 7.32. The molecule has 1 saturated heterocycles. The van der Waals surface area contributed by atoms with E-state index in [0.29, 0.717) is 25.9 Å². The highest BCUT2D eigenvalue weighted by atomic mass is 19.4. The minimum absolute atomic E-state index is 0.00416. The first-order chi connectivity index (χ1) is 15.2. The molecule has 2 aliphatic rings. The van der Waals surface area contributed by atoms with Crippen LogP contribution in [0.4, 0.5) is 13.2 Å². The zero-order chi connectivity index (χ0) is 23.3. The van der Waals surface area contributed by atoms with E-state index in [-0.39, 0.29) is 54.6 Å². The number of carbonyl (C=O) groups is 1. The molecular weight excluding hydrogens is 431 g/mol. The summed E-state index contributed by atoms with van der Waals surface area (Å²) in [6, 6.07) is 5.05. The summed E-state index contributed by atoms with van der Waals surface area (Å²) in [5, 5.41) is 17.3. The molecule has 0 atom stereocenters. The van der Waals surface area contributed by atoms with Gasteiger partial charge in [0.25, 0.3) is 0 Å². The molecule has 0 bridgehead atoms. The third-order valence-corrected chi connectivity index (χ3v) is 5.31. The van der Waals surface area contributed by atoms with E-state index in [1.165, 1.54) is 18.2 Å². The lowest BCUT2D eigenvalue weighted by Gasteiger charge is -2.33. The van der Waals surface area contributed by atoms with Gasteiger partial charge in [-0.1, -0.05) is 18.2 Å². The molecule has 0 aliphatic carbocycles. The summed E-state index contributed by atoms with van der Waals surface area (Å²) in [6.45, 7) is 2.56. The molecule has 0 amide bonds. The minimum atomic E-state index is -4.53. The molecule has 0 aromatic heterocycles. The maximum atomic E-state index is 13.2. The van der Waals surface area contributed by atoms with Crippen LogP contribution in [0.25, 0.3) is 0 Å². The maximum absolute atomic E-state index is 13.2. The Labute approximate surface area is 182 Å². The lowest BCUT2D eigenvalue weighted by atomic mass is 9.96. The number of nitro groups is 1. The van der Waals surface area contributed by atoms with Gasteiger partial charge in [-0.2, -0.15) is 13.2 Å². The molecule has 0 unspecified atom stereocenters. The maximum Gasteiger partial charge on any atom is 0.416 e. The van der Waals surface area contributed by atoms with Crippen LogP contribution in [0.2, 0.25) is 0 Å². The number of amidine groups is 1. The van der Waals surface area contributed by atoms with E-state index in [1.54, 1.807) is 11.8 Å². The molecule has 1 aromatic carbocycles. The monoisotopic (exact) mass is 455 g/mol. The van der Waals surface area contributed by atoms with Crippen molar-refractivity contribution in [3.8, 4) is 0 Å². The average molecular weight is 455 g/mol.